The van der Waals surface area contributed by atoms with E-state index in [-0.39, 0.29) is 6.10 Å². The first-order valence-electron chi connectivity index (χ1n) is 7.25. The predicted molar refractivity (Wildman–Crippen MR) is 71.2 cm³/mol. The van der Waals surface area contributed by atoms with Gasteiger partial charge in [-0.05, 0) is 25.2 Å². The summed E-state index contributed by atoms with van der Waals surface area (Å²) in [4.78, 5) is 0. The number of ether oxygens (including phenoxy) is 1. The van der Waals surface area contributed by atoms with Crippen molar-refractivity contribution < 1.29 is 9.84 Å². The summed E-state index contributed by atoms with van der Waals surface area (Å²) < 4.78 is 5.61. The number of unbranched alkanes of at least 4 members (excludes halogenated alkanes) is 1. The maximum Gasteiger partial charge on any atom is 0.0897 e. The van der Waals surface area contributed by atoms with Gasteiger partial charge in [0, 0.05) is 19.2 Å². The second-order valence-electron chi connectivity index (χ2n) is 5.29. The molecule has 1 saturated carbocycles. The molecule has 0 heterocycles. The first-order chi connectivity index (χ1) is 8.26. The van der Waals surface area contributed by atoms with Crippen molar-refractivity contribution >= 4 is 0 Å². The summed E-state index contributed by atoms with van der Waals surface area (Å²) in [5, 5.41) is 13.0. The highest BCUT2D eigenvalue weighted by molar-refractivity contribution is 4.81. The number of aliphatic hydroxyl groups is 1. The number of hydrogen-bond acceptors (Lipinski definition) is 3. The maximum absolute atomic E-state index is 9.70. The van der Waals surface area contributed by atoms with E-state index in [2.05, 4.69) is 19.2 Å². The molecule has 102 valence electrons. The highest BCUT2D eigenvalue weighted by Gasteiger charge is 2.21. The highest BCUT2D eigenvalue weighted by atomic mass is 16.5. The second kappa shape index (κ2) is 8.90. The number of nitrogens with one attached hydrogen (secondary N) is 1. The molecule has 1 aliphatic carbocycles. The summed E-state index contributed by atoms with van der Waals surface area (Å²) in [7, 11) is 0. The van der Waals surface area contributed by atoms with E-state index in [4.69, 9.17) is 4.74 Å². The van der Waals surface area contributed by atoms with Crippen molar-refractivity contribution in [1.29, 1.82) is 0 Å². The predicted octanol–water partition coefficient (Wildman–Crippen LogP) is 2.33. The Kier molecular flexibility index (Phi) is 7.82. The monoisotopic (exact) mass is 243 g/mol. The van der Waals surface area contributed by atoms with Gasteiger partial charge in [-0.1, -0.05) is 33.1 Å². The minimum atomic E-state index is -0.348. The molecule has 0 spiro atoms. The van der Waals surface area contributed by atoms with E-state index in [1.165, 1.54) is 38.5 Å². The lowest BCUT2D eigenvalue weighted by atomic mass is 10.0. The third-order valence-electron chi connectivity index (χ3n) is 3.43. The fourth-order valence-corrected chi connectivity index (χ4v) is 1.92. The molecular formula is C14H29NO2. The Morgan fingerprint density at radius 2 is 2.06 bits per heavy atom. The van der Waals surface area contributed by atoms with Crippen molar-refractivity contribution in [2.45, 2.75) is 64.5 Å². The zero-order chi connectivity index (χ0) is 12.5. The van der Waals surface area contributed by atoms with Gasteiger partial charge >= 0.3 is 0 Å². The van der Waals surface area contributed by atoms with Crippen LogP contribution < -0.4 is 5.32 Å². The molecule has 1 rings (SSSR count). The van der Waals surface area contributed by atoms with Crippen LogP contribution in [-0.2, 0) is 4.74 Å². The molecule has 2 N–H and O–H groups in total. The first kappa shape index (κ1) is 14.9. The van der Waals surface area contributed by atoms with Gasteiger partial charge in [0.05, 0.1) is 12.7 Å². The second-order valence-corrected chi connectivity index (χ2v) is 5.29. The summed E-state index contributed by atoms with van der Waals surface area (Å²) >= 11 is 0. The summed E-state index contributed by atoms with van der Waals surface area (Å²) in [6, 6.07) is 0.664. The third kappa shape index (κ3) is 7.74. The summed E-state index contributed by atoms with van der Waals surface area (Å²) in [6.07, 6.45) is 7.16. The fraction of sp³-hybridized carbons (Fsp3) is 1.00. The van der Waals surface area contributed by atoms with Crippen molar-refractivity contribution in [3.8, 4) is 0 Å². The van der Waals surface area contributed by atoms with Crippen molar-refractivity contribution in [3.05, 3.63) is 0 Å². The van der Waals surface area contributed by atoms with Crippen LogP contribution in [0.4, 0.5) is 0 Å². The molecule has 0 saturated heterocycles. The highest BCUT2D eigenvalue weighted by Crippen LogP contribution is 2.18. The Hall–Kier alpha value is -0.120. The largest absolute Gasteiger partial charge is 0.389 e. The van der Waals surface area contributed by atoms with Gasteiger partial charge in [0.15, 0.2) is 0 Å². The first-order valence-corrected chi connectivity index (χ1v) is 7.25. The minimum absolute atomic E-state index is 0.348. The lowest BCUT2D eigenvalue weighted by molar-refractivity contribution is 0.0192. The molecule has 0 amide bonds. The average Bonchev–Trinajstić information content (AvgIpc) is 3.15. The molecule has 0 aliphatic heterocycles. The average molecular weight is 243 g/mol. The molecule has 3 nitrogen and oxygen atoms in total. The molecule has 3 heteroatoms. The van der Waals surface area contributed by atoms with E-state index >= 15 is 0 Å². The summed E-state index contributed by atoms with van der Waals surface area (Å²) in [6.45, 7) is 6.39. The van der Waals surface area contributed by atoms with Gasteiger partial charge in [0.1, 0.15) is 0 Å². The topological polar surface area (TPSA) is 41.5 Å². The normalized spacial score (nSPS) is 19.2. The standard InChI is InChI=1S/C14H29NO2/c1-3-5-6-12(4-2)10-17-11-14(16)9-15-13-7-8-13/h12-16H,3-11H2,1-2H3. The SMILES string of the molecule is CCCCC(CC)COCC(O)CNC1CC1. The Labute approximate surface area is 106 Å². The van der Waals surface area contributed by atoms with Crippen LogP contribution in [0.15, 0.2) is 0 Å². The number of hydrogen-bond donors (Lipinski definition) is 2. The van der Waals surface area contributed by atoms with E-state index in [0.717, 1.165) is 6.61 Å². The van der Waals surface area contributed by atoms with Crippen LogP contribution in [0.1, 0.15) is 52.4 Å². The van der Waals surface area contributed by atoms with Gasteiger partial charge in [-0.15, -0.1) is 0 Å². The molecular weight excluding hydrogens is 214 g/mol. The molecule has 0 aromatic heterocycles. The lowest BCUT2D eigenvalue weighted by Gasteiger charge is -2.17. The minimum Gasteiger partial charge on any atom is -0.389 e. The van der Waals surface area contributed by atoms with E-state index < -0.39 is 0 Å². The van der Waals surface area contributed by atoms with Crippen molar-refractivity contribution in [3.63, 3.8) is 0 Å². The molecule has 17 heavy (non-hydrogen) atoms. The quantitative estimate of drug-likeness (QED) is 0.585. The molecule has 1 aliphatic rings. The smallest absolute Gasteiger partial charge is 0.0897 e. The Morgan fingerprint density at radius 3 is 2.65 bits per heavy atom. The zero-order valence-corrected chi connectivity index (χ0v) is 11.5. The molecule has 2 atom stereocenters. The van der Waals surface area contributed by atoms with Crippen LogP contribution in [0.3, 0.4) is 0 Å². The van der Waals surface area contributed by atoms with Gasteiger partial charge < -0.3 is 15.2 Å². The van der Waals surface area contributed by atoms with Gasteiger partial charge in [0.2, 0.25) is 0 Å². The van der Waals surface area contributed by atoms with Crippen molar-refractivity contribution in [1.82, 2.24) is 5.32 Å². The van der Waals surface area contributed by atoms with Crippen LogP contribution in [0.5, 0.6) is 0 Å². The molecule has 0 aromatic carbocycles. The van der Waals surface area contributed by atoms with Crippen LogP contribution >= 0.6 is 0 Å². The van der Waals surface area contributed by atoms with E-state index in [0.29, 0.717) is 25.1 Å². The van der Waals surface area contributed by atoms with Crippen LogP contribution in [0, 0.1) is 5.92 Å². The number of aliphatic hydroxyl groups excluding tert-OH is 1. The Balaban J connectivity index is 1.95. The molecule has 0 aromatic rings. The zero-order valence-electron chi connectivity index (χ0n) is 11.5. The van der Waals surface area contributed by atoms with Gasteiger partial charge in [-0.3, -0.25) is 0 Å². The van der Waals surface area contributed by atoms with E-state index in [9.17, 15) is 5.11 Å². The van der Waals surface area contributed by atoms with Crippen LogP contribution in [-0.4, -0.2) is 37.0 Å². The molecule has 1 fully saturated rings. The van der Waals surface area contributed by atoms with Gasteiger partial charge in [-0.2, -0.15) is 0 Å². The van der Waals surface area contributed by atoms with E-state index in [1.54, 1.807) is 0 Å². The number of rotatable bonds is 11. The summed E-state index contributed by atoms with van der Waals surface area (Å²) in [5.74, 6) is 0.665. The van der Waals surface area contributed by atoms with Gasteiger partial charge in [-0.25, -0.2) is 0 Å². The summed E-state index contributed by atoms with van der Waals surface area (Å²) in [5.41, 5.74) is 0. The van der Waals surface area contributed by atoms with Crippen molar-refractivity contribution in [2.24, 2.45) is 5.92 Å². The third-order valence-corrected chi connectivity index (χ3v) is 3.43. The van der Waals surface area contributed by atoms with E-state index in [1.807, 2.05) is 0 Å². The van der Waals surface area contributed by atoms with Crippen molar-refractivity contribution in [2.75, 3.05) is 19.8 Å². The van der Waals surface area contributed by atoms with Gasteiger partial charge in [0.25, 0.3) is 0 Å². The maximum atomic E-state index is 9.70. The van der Waals surface area contributed by atoms with Crippen LogP contribution in [0.2, 0.25) is 0 Å². The van der Waals surface area contributed by atoms with Crippen LogP contribution in [0.25, 0.3) is 0 Å². The Morgan fingerprint density at radius 1 is 1.29 bits per heavy atom. The fourth-order valence-electron chi connectivity index (χ4n) is 1.92. The molecule has 0 bridgehead atoms. The molecule has 0 radical (unpaired) electrons. The lowest BCUT2D eigenvalue weighted by Crippen LogP contribution is -2.32. The molecule has 2 unspecified atom stereocenters. The Bertz CT molecular complexity index is 183.